The molecule has 1 saturated heterocycles. The average Bonchev–Trinajstić information content (AvgIpc) is 3.22. The first-order valence-corrected chi connectivity index (χ1v) is 10.8. The van der Waals surface area contributed by atoms with E-state index in [9.17, 15) is 8.42 Å². The molecule has 1 heterocycles. The fourth-order valence-electron chi connectivity index (χ4n) is 4.38. The Kier molecular flexibility index (Phi) is 4.57. The van der Waals surface area contributed by atoms with Crippen LogP contribution in [0.1, 0.15) is 19.4 Å². The summed E-state index contributed by atoms with van der Waals surface area (Å²) in [5.41, 5.74) is 0.588. The van der Waals surface area contributed by atoms with E-state index in [2.05, 4.69) is 12.2 Å². The number of ether oxygens (including phenoxy) is 1. The van der Waals surface area contributed by atoms with Gasteiger partial charge in [0.1, 0.15) is 0 Å². The van der Waals surface area contributed by atoms with Crippen molar-refractivity contribution >= 4 is 15.9 Å². The van der Waals surface area contributed by atoms with Gasteiger partial charge in [-0.05, 0) is 31.5 Å². The van der Waals surface area contributed by atoms with E-state index in [1.807, 2.05) is 62.4 Å². The van der Waals surface area contributed by atoms with Gasteiger partial charge in [-0.15, -0.1) is 0 Å². The van der Waals surface area contributed by atoms with E-state index in [1.165, 1.54) is 0 Å². The number of hydrogen-bond donors (Lipinski definition) is 0. The van der Waals surface area contributed by atoms with Crippen LogP contribution in [-0.2, 0) is 14.6 Å². The Hall–Kier alpha value is -2.17. The second-order valence-electron chi connectivity index (χ2n) is 7.77. The molecule has 0 radical (unpaired) electrons. The fourth-order valence-corrected chi connectivity index (χ4v) is 6.42. The molecule has 2 aliphatic rings. The summed E-state index contributed by atoms with van der Waals surface area (Å²) in [7, 11) is -3.45. The Morgan fingerprint density at radius 1 is 0.926 bits per heavy atom. The van der Waals surface area contributed by atoms with E-state index in [4.69, 9.17) is 4.74 Å². The van der Waals surface area contributed by atoms with Gasteiger partial charge in [0, 0.05) is 11.8 Å². The molecule has 0 saturated carbocycles. The summed E-state index contributed by atoms with van der Waals surface area (Å²) in [4.78, 5) is 0.374. The monoisotopic (exact) mass is 380 g/mol. The minimum absolute atomic E-state index is 0.0587. The molecule has 140 valence electrons. The maximum Gasteiger partial charge on any atom is 0.185 e. The van der Waals surface area contributed by atoms with E-state index in [0.717, 1.165) is 5.56 Å². The number of rotatable bonds is 4. The lowest BCUT2D eigenvalue weighted by Gasteiger charge is -2.30. The topological polar surface area (TPSA) is 43.4 Å². The van der Waals surface area contributed by atoms with Crippen LogP contribution in [0.25, 0.3) is 6.08 Å². The van der Waals surface area contributed by atoms with Crippen molar-refractivity contribution < 1.29 is 13.2 Å². The highest BCUT2D eigenvalue weighted by Crippen LogP contribution is 2.50. The maximum absolute atomic E-state index is 13.2. The first-order chi connectivity index (χ1) is 12.9. The van der Waals surface area contributed by atoms with Crippen LogP contribution in [0.5, 0.6) is 0 Å². The fraction of sp³-hybridized carbons (Fsp3) is 0.304. The molecule has 1 aliphatic heterocycles. The molecule has 2 unspecified atom stereocenters. The van der Waals surface area contributed by atoms with Gasteiger partial charge in [0.05, 0.1) is 21.9 Å². The lowest BCUT2D eigenvalue weighted by Crippen LogP contribution is -2.39. The van der Waals surface area contributed by atoms with Gasteiger partial charge in [0.25, 0.3) is 0 Å². The van der Waals surface area contributed by atoms with Gasteiger partial charge in [-0.2, -0.15) is 0 Å². The van der Waals surface area contributed by atoms with Crippen LogP contribution >= 0.6 is 0 Å². The summed E-state index contributed by atoms with van der Waals surface area (Å²) in [5, 5.41) is -0.560. The Balaban J connectivity index is 1.63. The zero-order valence-corrected chi connectivity index (χ0v) is 16.3. The molecule has 0 bridgehead atoms. The van der Waals surface area contributed by atoms with Gasteiger partial charge in [0.15, 0.2) is 9.84 Å². The first-order valence-electron chi connectivity index (χ1n) is 9.28. The molecule has 1 aliphatic carbocycles. The predicted octanol–water partition coefficient (Wildman–Crippen LogP) is 4.52. The molecule has 4 heteroatoms. The smallest absolute Gasteiger partial charge is 0.185 e. The van der Waals surface area contributed by atoms with Crippen LogP contribution < -0.4 is 0 Å². The van der Waals surface area contributed by atoms with Gasteiger partial charge >= 0.3 is 0 Å². The van der Waals surface area contributed by atoms with Crippen LogP contribution in [-0.4, -0.2) is 25.4 Å². The van der Waals surface area contributed by atoms with Gasteiger partial charge in [-0.3, -0.25) is 0 Å². The molecular formula is C23H24O3S. The van der Waals surface area contributed by atoms with Gasteiger partial charge in [0.2, 0.25) is 0 Å². The van der Waals surface area contributed by atoms with Crippen LogP contribution in [0.2, 0.25) is 0 Å². The predicted molar refractivity (Wildman–Crippen MR) is 108 cm³/mol. The van der Waals surface area contributed by atoms with Crippen LogP contribution in [0.15, 0.2) is 83.8 Å². The molecule has 4 rings (SSSR count). The summed E-state index contributed by atoms with van der Waals surface area (Å²) < 4.78 is 32.7. The van der Waals surface area contributed by atoms with Gasteiger partial charge in [-0.25, -0.2) is 8.42 Å². The van der Waals surface area contributed by atoms with E-state index in [1.54, 1.807) is 24.3 Å². The van der Waals surface area contributed by atoms with E-state index in [0.29, 0.717) is 4.90 Å². The van der Waals surface area contributed by atoms with Crippen molar-refractivity contribution in [2.45, 2.75) is 35.7 Å². The molecule has 0 aromatic heterocycles. The normalized spacial score (nSPS) is 29.3. The van der Waals surface area contributed by atoms with Gasteiger partial charge < -0.3 is 4.74 Å². The summed E-state index contributed by atoms with van der Waals surface area (Å²) in [6, 6.07) is 18.8. The van der Waals surface area contributed by atoms with Crippen LogP contribution in [0, 0.1) is 11.8 Å². The third kappa shape index (κ3) is 3.28. The number of sulfone groups is 1. The highest BCUT2D eigenvalue weighted by atomic mass is 32.2. The Labute approximate surface area is 161 Å². The van der Waals surface area contributed by atoms with Gasteiger partial charge in [-0.1, -0.05) is 72.8 Å². The van der Waals surface area contributed by atoms with E-state index in [-0.39, 0.29) is 17.9 Å². The van der Waals surface area contributed by atoms with Crippen molar-refractivity contribution in [1.29, 1.82) is 0 Å². The van der Waals surface area contributed by atoms with Crippen molar-refractivity contribution in [2.75, 3.05) is 0 Å². The third-order valence-corrected chi connectivity index (χ3v) is 7.72. The standard InChI is InChI=1S/C23H24O3S/c1-23(2)22-19(20(26-23)15-13-17-9-5-3-6-10-17)14-16-21(22)27(24,25)18-11-7-4-8-12-18/h3-16,19-22H,1-2H3/b15-13+/t19?,20-,21+,22?/m1/s1. The largest absolute Gasteiger partial charge is 0.367 e. The second-order valence-corrected chi connectivity index (χ2v) is 9.87. The summed E-state index contributed by atoms with van der Waals surface area (Å²) in [6.45, 7) is 4.00. The molecule has 0 spiro atoms. The van der Waals surface area contributed by atoms with Crippen LogP contribution in [0.4, 0.5) is 0 Å². The molecule has 4 atom stereocenters. The summed E-state index contributed by atoms with van der Waals surface area (Å²) in [5.74, 6) is -0.0448. The lowest BCUT2D eigenvalue weighted by atomic mass is 9.83. The summed E-state index contributed by atoms with van der Waals surface area (Å²) >= 11 is 0. The number of fused-ring (bicyclic) bond motifs is 1. The van der Waals surface area contributed by atoms with Crippen LogP contribution in [0.3, 0.4) is 0 Å². The third-order valence-electron chi connectivity index (χ3n) is 5.62. The minimum Gasteiger partial charge on any atom is -0.367 e. The highest BCUT2D eigenvalue weighted by Gasteiger charge is 2.56. The maximum atomic E-state index is 13.2. The molecule has 0 N–H and O–H groups in total. The quantitative estimate of drug-likeness (QED) is 0.733. The lowest BCUT2D eigenvalue weighted by molar-refractivity contribution is -0.0142. The van der Waals surface area contributed by atoms with E-state index >= 15 is 0 Å². The molecular weight excluding hydrogens is 356 g/mol. The average molecular weight is 381 g/mol. The van der Waals surface area contributed by atoms with Crippen molar-refractivity contribution in [3.05, 3.63) is 84.5 Å². The highest BCUT2D eigenvalue weighted by molar-refractivity contribution is 7.92. The molecule has 2 aromatic rings. The van der Waals surface area contributed by atoms with Crippen molar-refractivity contribution in [3.63, 3.8) is 0 Å². The molecule has 3 nitrogen and oxygen atoms in total. The Bertz CT molecular complexity index is 959. The first kappa shape index (κ1) is 18.2. The Morgan fingerprint density at radius 3 is 2.22 bits per heavy atom. The van der Waals surface area contributed by atoms with Crippen molar-refractivity contribution in [3.8, 4) is 0 Å². The minimum atomic E-state index is -3.45. The van der Waals surface area contributed by atoms with Crippen molar-refractivity contribution in [2.24, 2.45) is 11.8 Å². The Morgan fingerprint density at radius 2 is 1.56 bits per heavy atom. The second kappa shape index (κ2) is 6.77. The molecule has 2 aromatic carbocycles. The number of benzene rings is 2. The van der Waals surface area contributed by atoms with Crippen molar-refractivity contribution in [1.82, 2.24) is 0 Å². The molecule has 0 amide bonds. The summed E-state index contributed by atoms with van der Waals surface area (Å²) in [6.07, 6.45) is 7.88. The molecule has 27 heavy (non-hydrogen) atoms. The molecule has 1 fully saturated rings. The van der Waals surface area contributed by atoms with E-state index < -0.39 is 20.7 Å². The SMILES string of the molecule is CC1(C)O[C@H](/C=C/c2ccccc2)C2C=C[C@H](S(=O)(=O)c3ccccc3)C21. The number of hydrogen-bond acceptors (Lipinski definition) is 3. The zero-order chi connectivity index (χ0) is 19.1. The zero-order valence-electron chi connectivity index (χ0n) is 15.5.